The zero-order valence-corrected chi connectivity index (χ0v) is 17.3. The lowest BCUT2D eigenvalue weighted by Gasteiger charge is -2.17. The Morgan fingerprint density at radius 3 is 2.57 bits per heavy atom. The van der Waals surface area contributed by atoms with Gasteiger partial charge in [-0.15, -0.1) is 0 Å². The van der Waals surface area contributed by atoms with E-state index in [1.54, 1.807) is 32.2 Å². The predicted octanol–water partition coefficient (Wildman–Crippen LogP) is 3.69. The van der Waals surface area contributed by atoms with Crippen LogP contribution in [0.1, 0.15) is 23.8 Å². The Morgan fingerprint density at radius 1 is 1.07 bits per heavy atom. The van der Waals surface area contributed by atoms with Gasteiger partial charge in [0.15, 0.2) is 17.4 Å². The van der Waals surface area contributed by atoms with Crippen molar-refractivity contribution in [1.29, 1.82) is 0 Å². The van der Waals surface area contributed by atoms with E-state index in [1.807, 2.05) is 38.1 Å². The lowest BCUT2D eigenvalue weighted by molar-refractivity contribution is -0.131. The van der Waals surface area contributed by atoms with Crippen molar-refractivity contribution < 1.29 is 23.5 Å². The van der Waals surface area contributed by atoms with Crippen LogP contribution in [0.5, 0.6) is 11.5 Å². The van der Waals surface area contributed by atoms with Crippen LogP contribution in [0.4, 0.5) is 0 Å². The molecule has 0 bridgehead atoms. The molecule has 1 aromatic heterocycles. The molecule has 3 aromatic rings. The number of para-hydroxylation sites is 1. The molecule has 0 radical (unpaired) electrons. The average molecular weight is 408 g/mol. The number of hydrazine groups is 1. The van der Waals surface area contributed by atoms with Crippen molar-refractivity contribution >= 4 is 28.9 Å². The fourth-order valence-electron chi connectivity index (χ4n) is 2.82. The Kier molecular flexibility index (Phi) is 6.41. The molecule has 2 aromatic carbocycles. The van der Waals surface area contributed by atoms with Gasteiger partial charge in [-0.2, -0.15) is 0 Å². The van der Waals surface area contributed by atoms with Crippen molar-refractivity contribution in [3.8, 4) is 11.5 Å². The van der Waals surface area contributed by atoms with Gasteiger partial charge in [-0.25, -0.2) is 0 Å². The first kappa shape index (κ1) is 21.0. The highest BCUT2D eigenvalue weighted by molar-refractivity contribution is 5.94. The van der Waals surface area contributed by atoms with Crippen LogP contribution in [-0.2, 0) is 9.59 Å². The molecule has 30 heavy (non-hydrogen) atoms. The number of furan rings is 1. The maximum absolute atomic E-state index is 12.2. The number of ether oxygens (including phenoxy) is 2. The number of aryl methyl sites for hydroxylation is 1. The molecule has 0 saturated heterocycles. The second-order valence-corrected chi connectivity index (χ2v) is 6.80. The number of amides is 2. The summed E-state index contributed by atoms with van der Waals surface area (Å²) in [6, 6.07) is 13.0. The quantitative estimate of drug-likeness (QED) is 0.480. The van der Waals surface area contributed by atoms with Crippen molar-refractivity contribution in [2.24, 2.45) is 0 Å². The summed E-state index contributed by atoms with van der Waals surface area (Å²) in [5, 5.41) is 0.861. The van der Waals surface area contributed by atoms with E-state index in [0.29, 0.717) is 22.8 Å². The summed E-state index contributed by atoms with van der Waals surface area (Å²) < 4.78 is 16.6. The summed E-state index contributed by atoms with van der Waals surface area (Å²) in [5.74, 6) is 0.759. The molecule has 0 aliphatic carbocycles. The highest BCUT2D eigenvalue weighted by atomic mass is 16.5. The molecule has 1 unspecified atom stereocenters. The fraction of sp³-hybridized carbons (Fsp3) is 0.217. The number of methoxy groups -OCH3 is 1. The number of fused-ring (bicyclic) bond motifs is 1. The molecule has 0 spiro atoms. The Hall–Kier alpha value is -3.74. The topological polar surface area (TPSA) is 89.8 Å². The van der Waals surface area contributed by atoms with Crippen molar-refractivity contribution in [2.45, 2.75) is 26.9 Å². The molecule has 1 atom stereocenters. The third-order valence-corrected chi connectivity index (χ3v) is 4.68. The largest absolute Gasteiger partial charge is 0.493 e. The van der Waals surface area contributed by atoms with Crippen molar-refractivity contribution in [2.75, 3.05) is 7.11 Å². The maximum atomic E-state index is 12.2. The van der Waals surface area contributed by atoms with Crippen LogP contribution < -0.4 is 20.3 Å². The summed E-state index contributed by atoms with van der Waals surface area (Å²) in [4.78, 5) is 24.2. The lowest BCUT2D eigenvalue weighted by Crippen LogP contribution is -2.46. The third-order valence-electron chi connectivity index (χ3n) is 4.68. The lowest BCUT2D eigenvalue weighted by atomic mass is 10.1. The Labute approximate surface area is 174 Å². The van der Waals surface area contributed by atoms with Crippen LogP contribution >= 0.6 is 0 Å². The Balaban J connectivity index is 1.55. The van der Waals surface area contributed by atoms with E-state index in [2.05, 4.69) is 10.9 Å². The van der Waals surface area contributed by atoms with Crippen LogP contribution in [0.3, 0.4) is 0 Å². The number of rotatable bonds is 6. The Morgan fingerprint density at radius 2 is 1.80 bits per heavy atom. The third kappa shape index (κ3) is 4.81. The first-order valence-electron chi connectivity index (χ1n) is 9.46. The molecule has 7 heteroatoms. The zero-order chi connectivity index (χ0) is 21.7. The molecule has 0 aliphatic rings. The summed E-state index contributed by atoms with van der Waals surface area (Å²) in [7, 11) is 1.56. The minimum absolute atomic E-state index is 0.467. The minimum Gasteiger partial charge on any atom is -0.493 e. The van der Waals surface area contributed by atoms with Gasteiger partial charge in [-0.05, 0) is 56.2 Å². The van der Waals surface area contributed by atoms with Crippen molar-refractivity contribution in [3.05, 3.63) is 65.4 Å². The van der Waals surface area contributed by atoms with E-state index in [4.69, 9.17) is 13.9 Å². The number of carbonyl (C=O) groups excluding carboxylic acids is 2. The number of hydrogen-bond donors (Lipinski definition) is 2. The van der Waals surface area contributed by atoms with Gasteiger partial charge in [0.1, 0.15) is 11.5 Å². The van der Waals surface area contributed by atoms with Crippen LogP contribution in [0.25, 0.3) is 17.0 Å². The molecule has 7 nitrogen and oxygen atoms in total. The van der Waals surface area contributed by atoms with E-state index < -0.39 is 17.9 Å². The van der Waals surface area contributed by atoms with Gasteiger partial charge in [-0.1, -0.05) is 24.3 Å². The van der Waals surface area contributed by atoms with Crippen LogP contribution in [0.2, 0.25) is 0 Å². The summed E-state index contributed by atoms with van der Waals surface area (Å²) in [5.41, 5.74) is 7.32. The SMILES string of the molecule is COc1cccc2cc(/C=C/C(=O)NNC(=O)C(C)Oc3cccc(C)c3C)oc12. The van der Waals surface area contributed by atoms with Crippen molar-refractivity contribution in [1.82, 2.24) is 10.9 Å². The Bertz CT molecular complexity index is 1100. The van der Waals surface area contributed by atoms with Gasteiger partial charge in [0.05, 0.1) is 7.11 Å². The van der Waals surface area contributed by atoms with Crippen LogP contribution in [0.15, 0.2) is 53.0 Å². The molecule has 156 valence electrons. The second-order valence-electron chi connectivity index (χ2n) is 6.80. The fourth-order valence-corrected chi connectivity index (χ4v) is 2.82. The zero-order valence-electron chi connectivity index (χ0n) is 17.3. The molecule has 0 aliphatic heterocycles. The second kappa shape index (κ2) is 9.17. The van der Waals surface area contributed by atoms with Crippen molar-refractivity contribution in [3.63, 3.8) is 0 Å². The molecular formula is C23H24N2O5. The molecule has 0 fully saturated rings. The maximum Gasteiger partial charge on any atom is 0.279 e. The van der Waals surface area contributed by atoms with E-state index in [9.17, 15) is 9.59 Å². The summed E-state index contributed by atoms with van der Waals surface area (Å²) >= 11 is 0. The highest BCUT2D eigenvalue weighted by Crippen LogP contribution is 2.28. The average Bonchev–Trinajstić information content (AvgIpc) is 3.16. The van der Waals surface area contributed by atoms with Gasteiger partial charge < -0.3 is 13.9 Å². The standard InChI is InChI=1S/C23H24N2O5/c1-14-7-5-9-19(15(14)2)29-16(3)23(27)25-24-21(26)12-11-18-13-17-8-6-10-20(28-4)22(17)30-18/h5-13,16H,1-4H3,(H,24,26)(H,25,27)/b12-11+. The molecule has 2 N–H and O–H groups in total. The minimum atomic E-state index is -0.780. The summed E-state index contributed by atoms with van der Waals surface area (Å²) in [6.07, 6.45) is 2.00. The molecule has 3 rings (SSSR count). The predicted molar refractivity (Wildman–Crippen MR) is 114 cm³/mol. The van der Waals surface area contributed by atoms with Gasteiger partial charge in [0.25, 0.3) is 11.8 Å². The number of carbonyl (C=O) groups is 2. The first-order chi connectivity index (χ1) is 14.4. The smallest absolute Gasteiger partial charge is 0.279 e. The normalized spacial score (nSPS) is 12.0. The number of benzene rings is 2. The van der Waals surface area contributed by atoms with Gasteiger partial charge >= 0.3 is 0 Å². The molecule has 1 heterocycles. The molecular weight excluding hydrogens is 384 g/mol. The number of hydrogen-bond acceptors (Lipinski definition) is 5. The van der Waals surface area contributed by atoms with E-state index in [1.165, 1.54) is 12.2 Å². The summed E-state index contributed by atoms with van der Waals surface area (Å²) in [6.45, 7) is 5.51. The molecule has 0 saturated carbocycles. The van der Waals surface area contributed by atoms with E-state index in [-0.39, 0.29) is 0 Å². The van der Waals surface area contributed by atoms with Crippen LogP contribution in [-0.4, -0.2) is 25.0 Å². The van der Waals surface area contributed by atoms with Gasteiger partial charge in [0.2, 0.25) is 0 Å². The first-order valence-corrected chi connectivity index (χ1v) is 9.46. The van der Waals surface area contributed by atoms with E-state index in [0.717, 1.165) is 16.5 Å². The highest BCUT2D eigenvalue weighted by Gasteiger charge is 2.16. The molecule has 2 amide bonds. The van der Waals surface area contributed by atoms with Crippen LogP contribution in [0, 0.1) is 13.8 Å². The van der Waals surface area contributed by atoms with E-state index >= 15 is 0 Å². The monoisotopic (exact) mass is 408 g/mol. The van der Waals surface area contributed by atoms with Gasteiger partial charge in [0, 0.05) is 11.5 Å². The number of nitrogens with one attached hydrogen (secondary N) is 2. The van der Waals surface area contributed by atoms with Gasteiger partial charge in [-0.3, -0.25) is 20.4 Å².